The lowest BCUT2D eigenvalue weighted by Gasteiger charge is -2.47. The van der Waals surface area contributed by atoms with Crippen molar-refractivity contribution in [2.24, 2.45) is 17.1 Å². The molecule has 1 aliphatic heterocycles. The molecule has 4 atom stereocenters. The van der Waals surface area contributed by atoms with Gasteiger partial charge in [0.05, 0.1) is 5.41 Å². The Labute approximate surface area is 116 Å². The molecule has 3 rings (SSSR count). The van der Waals surface area contributed by atoms with Crippen molar-refractivity contribution in [1.82, 2.24) is 4.90 Å². The molecule has 3 aliphatic rings. The molecule has 0 bridgehead atoms. The summed E-state index contributed by atoms with van der Waals surface area (Å²) >= 11 is 0. The Morgan fingerprint density at radius 1 is 1.11 bits per heavy atom. The average Bonchev–Trinajstić information content (AvgIpc) is 2.78. The maximum absolute atomic E-state index is 13.0. The van der Waals surface area contributed by atoms with Crippen LogP contribution in [0.15, 0.2) is 0 Å². The maximum atomic E-state index is 13.0. The van der Waals surface area contributed by atoms with Crippen molar-refractivity contribution in [1.29, 1.82) is 0 Å². The smallest absolute Gasteiger partial charge is 0.230 e. The summed E-state index contributed by atoms with van der Waals surface area (Å²) in [5.41, 5.74) is 5.96. The summed E-state index contributed by atoms with van der Waals surface area (Å²) in [5.74, 6) is 1.14. The van der Waals surface area contributed by atoms with Gasteiger partial charge >= 0.3 is 0 Å². The third-order valence-electron chi connectivity index (χ3n) is 6.02. The molecule has 1 amide bonds. The average molecular weight is 264 g/mol. The fourth-order valence-corrected chi connectivity index (χ4v) is 4.66. The molecule has 1 heterocycles. The van der Waals surface area contributed by atoms with Crippen molar-refractivity contribution in [3.8, 4) is 0 Å². The van der Waals surface area contributed by atoms with Gasteiger partial charge in [-0.3, -0.25) is 4.79 Å². The van der Waals surface area contributed by atoms with Crippen molar-refractivity contribution in [3.05, 3.63) is 0 Å². The quantitative estimate of drug-likeness (QED) is 0.791. The Kier molecular flexibility index (Phi) is 3.59. The van der Waals surface area contributed by atoms with Crippen LogP contribution in [0.4, 0.5) is 0 Å². The fourth-order valence-electron chi connectivity index (χ4n) is 4.66. The van der Waals surface area contributed by atoms with Gasteiger partial charge in [-0.05, 0) is 51.4 Å². The van der Waals surface area contributed by atoms with Crippen LogP contribution in [-0.2, 0) is 4.79 Å². The topological polar surface area (TPSA) is 46.3 Å². The van der Waals surface area contributed by atoms with Crippen LogP contribution in [0.1, 0.15) is 64.7 Å². The van der Waals surface area contributed by atoms with E-state index in [-0.39, 0.29) is 11.5 Å². The molecule has 0 aromatic rings. The number of nitrogens with two attached hydrogens (primary N) is 1. The van der Waals surface area contributed by atoms with Gasteiger partial charge in [-0.25, -0.2) is 0 Å². The largest absolute Gasteiger partial charge is 0.339 e. The van der Waals surface area contributed by atoms with Crippen molar-refractivity contribution in [2.75, 3.05) is 6.54 Å². The monoisotopic (exact) mass is 264 g/mol. The summed E-state index contributed by atoms with van der Waals surface area (Å²) in [6.45, 7) is 3.09. The van der Waals surface area contributed by atoms with E-state index in [1.807, 2.05) is 0 Å². The molecule has 0 aromatic heterocycles. The molecule has 0 spiro atoms. The standard InChI is InChI=1S/C16H28N2O/c1-16(10-4-9-14(16)17)15(19)18-11-5-7-12-6-2-3-8-13(12)18/h12-14H,2-11,17H2,1H3. The van der Waals surface area contributed by atoms with E-state index in [0.717, 1.165) is 31.7 Å². The first-order chi connectivity index (χ1) is 9.13. The highest BCUT2D eigenvalue weighted by molar-refractivity contribution is 5.84. The summed E-state index contributed by atoms with van der Waals surface area (Å²) in [7, 11) is 0. The van der Waals surface area contributed by atoms with Crippen molar-refractivity contribution in [3.63, 3.8) is 0 Å². The molecular formula is C16H28N2O. The highest BCUT2D eigenvalue weighted by Gasteiger charge is 2.48. The van der Waals surface area contributed by atoms with Crippen LogP contribution in [0, 0.1) is 11.3 Å². The van der Waals surface area contributed by atoms with E-state index in [4.69, 9.17) is 5.73 Å². The van der Waals surface area contributed by atoms with Crippen LogP contribution in [0.3, 0.4) is 0 Å². The van der Waals surface area contributed by atoms with E-state index in [1.165, 1.54) is 38.5 Å². The van der Waals surface area contributed by atoms with E-state index in [2.05, 4.69) is 11.8 Å². The predicted molar refractivity (Wildman–Crippen MR) is 76.6 cm³/mol. The van der Waals surface area contributed by atoms with Gasteiger partial charge in [-0.15, -0.1) is 0 Å². The van der Waals surface area contributed by atoms with Crippen LogP contribution in [0.5, 0.6) is 0 Å². The summed E-state index contributed by atoms with van der Waals surface area (Å²) in [6.07, 6.45) is 10.9. The Balaban J connectivity index is 1.78. The molecular weight excluding hydrogens is 236 g/mol. The molecule has 1 saturated heterocycles. The summed E-state index contributed by atoms with van der Waals surface area (Å²) in [6, 6.07) is 0.601. The van der Waals surface area contributed by atoms with Crippen LogP contribution >= 0.6 is 0 Å². The van der Waals surface area contributed by atoms with Gasteiger partial charge in [0.15, 0.2) is 0 Å². The molecule has 0 aromatic carbocycles. The molecule has 108 valence electrons. The molecule has 0 radical (unpaired) electrons. The first kappa shape index (κ1) is 13.4. The normalized spacial score (nSPS) is 43.1. The number of hydrogen-bond acceptors (Lipinski definition) is 2. The number of amides is 1. The van der Waals surface area contributed by atoms with Crippen molar-refractivity contribution in [2.45, 2.75) is 76.8 Å². The summed E-state index contributed by atoms with van der Waals surface area (Å²) < 4.78 is 0. The van der Waals surface area contributed by atoms with E-state index in [9.17, 15) is 4.79 Å². The van der Waals surface area contributed by atoms with Gasteiger partial charge in [0.25, 0.3) is 0 Å². The highest BCUT2D eigenvalue weighted by Crippen LogP contribution is 2.42. The van der Waals surface area contributed by atoms with Gasteiger partial charge in [-0.2, -0.15) is 0 Å². The van der Waals surface area contributed by atoms with E-state index in [1.54, 1.807) is 0 Å². The molecule has 3 nitrogen and oxygen atoms in total. The first-order valence-corrected chi connectivity index (χ1v) is 8.19. The van der Waals surface area contributed by atoms with Crippen LogP contribution in [-0.4, -0.2) is 29.4 Å². The van der Waals surface area contributed by atoms with Crippen LogP contribution in [0.25, 0.3) is 0 Å². The number of hydrogen-bond donors (Lipinski definition) is 1. The van der Waals surface area contributed by atoms with Crippen LogP contribution < -0.4 is 5.73 Å². The number of piperidine rings is 1. The van der Waals surface area contributed by atoms with E-state index < -0.39 is 0 Å². The van der Waals surface area contributed by atoms with Gasteiger partial charge in [0, 0.05) is 18.6 Å². The van der Waals surface area contributed by atoms with E-state index >= 15 is 0 Å². The van der Waals surface area contributed by atoms with Gasteiger partial charge in [-0.1, -0.05) is 19.3 Å². The minimum atomic E-state index is -0.278. The maximum Gasteiger partial charge on any atom is 0.230 e. The number of likely N-dealkylation sites (tertiary alicyclic amines) is 1. The molecule has 2 aliphatic carbocycles. The molecule has 19 heavy (non-hydrogen) atoms. The number of carbonyl (C=O) groups excluding carboxylic acids is 1. The Hall–Kier alpha value is -0.570. The summed E-state index contributed by atoms with van der Waals surface area (Å²) in [5, 5.41) is 0. The fraction of sp³-hybridized carbons (Fsp3) is 0.938. The molecule has 2 N–H and O–H groups in total. The number of rotatable bonds is 1. The Morgan fingerprint density at radius 2 is 1.84 bits per heavy atom. The summed E-state index contributed by atoms with van der Waals surface area (Å²) in [4.78, 5) is 15.3. The third kappa shape index (κ3) is 2.20. The van der Waals surface area contributed by atoms with Crippen molar-refractivity contribution < 1.29 is 4.79 Å². The van der Waals surface area contributed by atoms with Gasteiger partial charge < -0.3 is 10.6 Å². The second kappa shape index (κ2) is 5.08. The third-order valence-corrected chi connectivity index (χ3v) is 6.02. The lowest BCUT2D eigenvalue weighted by Crippen LogP contribution is -2.56. The molecule has 4 unspecified atom stereocenters. The molecule has 2 saturated carbocycles. The first-order valence-electron chi connectivity index (χ1n) is 8.19. The SMILES string of the molecule is CC1(C(=O)N2CCCC3CCCCC32)CCCC1N. The lowest BCUT2D eigenvalue weighted by molar-refractivity contribution is -0.148. The Morgan fingerprint density at radius 3 is 2.58 bits per heavy atom. The number of nitrogens with zero attached hydrogens (tertiary/aromatic N) is 1. The van der Waals surface area contributed by atoms with Crippen LogP contribution in [0.2, 0.25) is 0 Å². The lowest BCUT2D eigenvalue weighted by atomic mass is 9.76. The molecule has 3 fully saturated rings. The second-order valence-electron chi connectivity index (χ2n) is 7.17. The molecule has 3 heteroatoms. The Bertz CT molecular complexity index is 355. The van der Waals surface area contributed by atoms with Crippen molar-refractivity contribution >= 4 is 5.91 Å². The minimum Gasteiger partial charge on any atom is -0.339 e. The number of carbonyl (C=O) groups is 1. The zero-order chi connectivity index (χ0) is 13.5. The predicted octanol–water partition coefficient (Wildman–Crippen LogP) is 2.69. The zero-order valence-electron chi connectivity index (χ0n) is 12.2. The zero-order valence-corrected chi connectivity index (χ0v) is 12.2. The highest BCUT2D eigenvalue weighted by atomic mass is 16.2. The minimum absolute atomic E-state index is 0.0731. The number of fused-ring (bicyclic) bond motifs is 1. The van der Waals surface area contributed by atoms with E-state index in [0.29, 0.717) is 11.9 Å². The van der Waals surface area contributed by atoms with Gasteiger partial charge in [0.1, 0.15) is 0 Å². The van der Waals surface area contributed by atoms with Gasteiger partial charge in [0.2, 0.25) is 5.91 Å². The second-order valence-corrected chi connectivity index (χ2v) is 7.17.